The van der Waals surface area contributed by atoms with Gasteiger partial charge < -0.3 is 15.1 Å². The summed E-state index contributed by atoms with van der Waals surface area (Å²) >= 11 is 0. The third-order valence-electron chi connectivity index (χ3n) is 4.82. The quantitative estimate of drug-likeness (QED) is 0.334. The van der Waals surface area contributed by atoms with Gasteiger partial charge in [0.25, 0.3) is 11.9 Å². The first-order valence-electron chi connectivity index (χ1n) is 9.45. The minimum absolute atomic E-state index is 0.112. The number of nitrogens with one attached hydrogen (secondary N) is 3. The number of oxazole rings is 1. The van der Waals surface area contributed by atoms with Crippen LogP contribution in [0.4, 0.5) is 30.6 Å². The average molecular weight is 437 g/mol. The molecule has 10 heteroatoms. The molecule has 7 nitrogen and oxygen atoms in total. The van der Waals surface area contributed by atoms with Crippen LogP contribution in [-0.4, -0.2) is 21.1 Å². The van der Waals surface area contributed by atoms with E-state index in [2.05, 4.69) is 25.8 Å². The Hall–Kier alpha value is -4.34. The van der Waals surface area contributed by atoms with Crippen LogP contribution in [0.25, 0.3) is 22.0 Å². The van der Waals surface area contributed by atoms with Crippen molar-refractivity contribution in [1.82, 2.24) is 15.2 Å². The standard InChI is InChI=1S/C22H14F3N5O2/c23-22(24,25)15-3-1-2-4-16(15)28-21-29-18-9-12(6-8-19(18)32-21)20(31)27-14-7-5-13-11-26-30-17(13)10-14/h1-11H,(H,26,30)(H,27,31)(H,28,29). The molecule has 0 unspecified atom stereocenters. The number of rotatable bonds is 4. The molecule has 0 aliphatic carbocycles. The Balaban J connectivity index is 1.39. The van der Waals surface area contributed by atoms with E-state index in [-0.39, 0.29) is 17.6 Å². The predicted octanol–water partition coefficient (Wildman–Crippen LogP) is 5.72. The van der Waals surface area contributed by atoms with Crippen LogP contribution in [0, 0.1) is 0 Å². The lowest BCUT2D eigenvalue weighted by atomic mass is 10.1. The van der Waals surface area contributed by atoms with Crippen molar-refractivity contribution >= 4 is 45.3 Å². The number of carbonyl (C=O) groups excluding carboxylic acids is 1. The van der Waals surface area contributed by atoms with Crippen LogP contribution >= 0.6 is 0 Å². The SMILES string of the molecule is O=C(Nc1ccc2cn[nH]c2c1)c1ccc2oc(Nc3ccccc3C(F)(F)F)nc2c1. The summed E-state index contributed by atoms with van der Waals surface area (Å²) in [7, 11) is 0. The van der Waals surface area contributed by atoms with Crippen molar-refractivity contribution in [3.63, 3.8) is 0 Å². The minimum atomic E-state index is -4.53. The first kappa shape index (κ1) is 19.6. The number of carbonyl (C=O) groups is 1. The summed E-state index contributed by atoms with van der Waals surface area (Å²) < 4.78 is 45.1. The smallest absolute Gasteiger partial charge is 0.418 e. The molecule has 1 amide bonds. The second-order valence-corrected chi connectivity index (χ2v) is 7.00. The summed E-state index contributed by atoms with van der Waals surface area (Å²) in [6.45, 7) is 0. The number of hydrogen-bond donors (Lipinski definition) is 3. The van der Waals surface area contributed by atoms with E-state index in [4.69, 9.17) is 4.42 Å². The van der Waals surface area contributed by atoms with Gasteiger partial charge in [0, 0.05) is 16.6 Å². The molecule has 0 bridgehead atoms. The Bertz CT molecular complexity index is 1460. The van der Waals surface area contributed by atoms with Crippen molar-refractivity contribution in [2.24, 2.45) is 0 Å². The fourth-order valence-corrected chi connectivity index (χ4v) is 3.29. The van der Waals surface area contributed by atoms with E-state index in [1.807, 2.05) is 6.07 Å². The highest BCUT2D eigenvalue weighted by Crippen LogP contribution is 2.36. The molecule has 3 N–H and O–H groups in total. The summed E-state index contributed by atoms with van der Waals surface area (Å²) in [5.41, 5.74) is 1.32. The van der Waals surface area contributed by atoms with Gasteiger partial charge in [-0.25, -0.2) is 0 Å². The number of nitrogens with zero attached hydrogens (tertiary/aromatic N) is 2. The number of fused-ring (bicyclic) bond motifs is 2. The van der Waals surface area contributed by atoms with E-state index in [1.54, 1.807) is 24.4 Å². The first-order valence-corrected chi connectivity index (χ1v) is 9.45. The van der Waals surface area contributed by atoms with Crippen LogP contribution in [0.5, 0.6) is 0 Å². The molecule has 5 rings (SSSR count). The Morgan fingerprint density at radius 3 is 2.72 bits per heavy atom. The van der Waals surface area contributed by atoms with Gasteiger partial charge in [-0.2, -0.15) is 23.3 Å². The van der Waals surface area contributed by atoms with E-state index < -0.39 is 11.7 Å². The molecule has 0 fully saturated rings. The number of H-pyrrole nitrogens is 1. The summed E-state index contributed by atoms with van der Waals surface area (Å²) in [5, 5.41) is 13.0. The number of anilines is 3. The van der Waals surface area contributed by atoms with Crippen molar-refractivity contribution in [3.05, 3.63) is 78.0 Å². The molecule has 32 heavy (non-hydrogen) atoms. The zero-order valence-corrected chi connectivity index (χ0v) is 16.2. The molecule has 2 aromatic heterocycles. The zero-order chi connectivity index (χ0) is 22.3. The van der Waals surface area contributed by atoms with E-state index in [1.165, 1.54) is 30.3 Å². The van der Waals surface area contributed by atoms with Gasteiger partial charge in [-0.05, 0) is 48.5 Å². The summed E-state index contributed by atoms with van der Waals surface area (Å²) in [6, 6.07) is 14.8. The molecule has 0 spiro atoms. The number of para-hydroxylation sites is 1. The highest BCUT2D eigenvalue weighted by atomic mass is 19.4. The number of aromatic nitrogens is 3. The maximum atomic E-state index is 13.2. The number of hydrogen-bond acceptors (Lipinski definition) is 5. The highest BCUT2D eigenvalue weighted by Gasteiger charge is 2.33. The van der Waals surface area contributed by atoms with Crippen molar-refractivity contribution in [2.45, 2.75) is 6.18 Å². The van der Waals surface area contributed by atoms with Crippen molar-refractivity contribution in [2.75, 3.05) is 10.6 Å². The molecule has 0 saturated carbocycles. The summed E-state index contributed by atoms with van der Waals surface area (Å²) in [5.74, 6) is -0.370. The second kappa shape index (κ2) is 7.41. The molecular weight excluding hydrogens is 423 g/mol. The van der Waals surface area contributed by atoms with Crippen LogP contribution in [0.1, 0.15) is 15.9 Å². The van der Waals surface area contributed by atoms with Crippen LogP contribution in [0.15, 0.2) is 71.3 Å². The van der Waals surface area contributed by atoms with Crippen LogP contribution in [0.2, 0.25) is 0 Å². The topological polar surface area (TPSA) is 95.8 Å². The van der Waals surface area contributed by atoms with Gasteiger partial charge in [0.05, 0.1) is 23.0 Å². The molecule has 0 atom stereocenters. The lowest BCUT2D eigenvalue weighted by molar-refractivity contribution is -0.136. The number of benzene rings is 3. The Morgan fingerprint density at radius 2 is 1.88 bits per heavy atom. The molecule has 0 saturated heterocycles. The van der Waals surface area contributed by atoms with Crippen molar-refractivity contribution < 1.29 is 22.4 Å². The van der Waals surface area contributed by atoms with Gasteiger partial charge in [-0.3, -0.25) is 9.89 Å². The molecule has 2 heterocycles. The van der Waals surface area contributed by atoms with Gasteiger partial charge in [0.1, 0.15) is 5.52 Å². The predicted molar refractivity (Wildman–Crippen MR) is 113 cm³/mol. The van der Waals surface area contributed by atoms with Crippen LogP contribution < -0.4 is 10.6 Å². The molecule has 160 valence electrons. The third kappa shape index (κ3) is 3.73. The fraction of sp³-hybridized carbons (Fsp3) is 0.0455. The molecule has 0 aliphatic rings. The van der Waals surface area contributed by atoms with Gasteiger partial charge in [0.15, 0.2) is 5.58 Å². The lowest BCUT2D eigenvalue weighted by Crippen LogP contribution is -2.11. The summed E-state index contributed by atoms with van der Waals surface area (Å²) in [6.07, 6.45) is -2.85. The van der Waals surface area contributed by atoms with Gasteiger partial charge >= 0.3 is 6.18 Å². The maximum absolute atomic E-state index is 13.2. The van der Waals surface area contributed by atoms with E-state index >= 15 is 0 Å². The monoisotopic (exact) mass is 437 g/mol. The van der Waals surface area contributed by atoms with E-state index in [0.29, 0.717) is 22.4 Å². The van der Waals surface area contributed by atoms with Gasteiger partial charge in [-0.15, -0.1) is 0 Å². The molecule has 3 aromatic carbocycles. The van der Waals surface area contributed by atoms with Crippen molar-refractivity contribution in [1.29, 1.82) is 0 Å². The maximum Gasteiger partial charge on any atom is 0.418 e. The number of amides is 1. The molecule has 0 aliphatic heterocycles. The van der Waals surface area contributed by atoms with E-state index in [0.717, 1.165) is 17.0 Å². The number of halogens is 3. The van der Waals surface area contributed by atoms with Crippen LogP contribution in [0.3, 0.4) is 0 Å². The number of alkyl halides is 3. The van der Waals surface area contributed by atoms with Crippen molar-refractivity contribution in [3.8, 4) is 0 Å². The van der Waals surface area contributed by atoms with Crippen LogP contribution in [-0.2, 0) is 6.18 Å². The van der Waals surface area contributed by atoms with E-state index in [9.17, 15) is 18.0 Å². The average Bonchev–Trinajstić information content (AvgIpc) is 3.38. The largest absolute Gasteiger partial charge is 0.423 e. The fourth-order valence-electron chi connectivity index (χ4n) is 3.29. The minimum Gasteiger partial charge on any atom is -0.423 e. The van der Waals surface area contributed by atoms with Gasteiger partial charge in [0.2, 0.25) is 0 Å². The normalized spacial score (nSPS) is 11.7. The zero-order valence-electron chi connectivity index (χ0n) is 16.2. The summed E-state index contributed by atoms with van der Waals surface area (Å²) in [4.78, 5) is 16.8. The third-order valence-corrected chi connectivity index (χ3v) is 4.82. The lowest BCUT2D eigenvalue weighted by Gasteiger charge is -2.11. The second-order valence-electron chi connectivity index (χ2n) is 7.00. The van der Waals surface area contributed by atoms with Gasteiger partial charge in [-0.1, -0.05) is 12.1 Å². The Kier molecular flexibility index (Phi) is 4.54. The Morgan fingerprint density at radius 1 is 1.03 bits per heavy atom. The molecular formula is C22H14F3N5O2. The first-order chi connectivity index (χ1) is 15.4. The molecule has 5 aromatic rings. The molecule has 0 radical (unpaired) electrons. The highest BCUT2D eigenvalue weighted by molar-refractivity contribution is 6.06. The Labute approximate surface area is 178 Å². The number of aromatic amines is 1.